The Hall–Kier alpha value is -2.33. The van der Waals surface area contributed by atoms with E-state index in [1.54, 1.807) is 12.1 Å². The quantitative estimate of drug-likeness (QED) is 0.692. The molecule has 0 aliphatic heterocycles. The van der Waals surface area contributed by atoms with Gasteiger partial charge in [-0.3, -0.25) is 4.31 Å². The van der Waals surface area contributed by atoms with Gasteiger partial charge >= 0.3 is 0 Å². The number of rotatable bonds is 4. The minimum absolute atomic E-state index is 0.321. The zero-order valence-corrected chi connectivity index (χ0v) is 15.0. The molecule has 3 rings (SSSR count). The van der Waals surface area contributed by atoms with Gasteiger partial charge in [0.2, 0.25) is 0 Å². The van der Waals surface area contributed by atoms with Crippen molar-refractivity contribution < 1.29 is 8.42 Å². The topological polar surface area (TPSA) is 37.4 Å². The molecule has 0 radical (unpaired) electrons. The highest BCUT2D eigenvalue weighted by Crippen LogP contribution is 2.27. The fourth-order valence-electron chi connectivity index (χ4n) is 3.04. The molecule has 0 spiro atoms. The predicted molar refractivity (Wildman–Crippen MR) is 100 cm³/mol. The van der Waals surface area contributed by atoms with Crippen LogP contribution in [0.5, 0.6) is 0 Å². The van der Waals surface area contributed by atoms with Crippen LogP contribution in [0.3, 0.4) is 0 Å². The maximum Gasteiger partial charge on any atom is 0.264 e. The molecule has 124 valence electrons. The van der Waals surface area contributed by atoms with Crippen molar-refractivity contribution in [3.05, 3.63) is 71.8 Å². The number of hydrogen-bond acceptors (Lipinski definition) is 2. The van der Waals surface area contributed by atoms with E-state index in [1.807, 2.05) is 69.3 Å². The van der Waals surface area contributed by atoms with Crippen molar-refractivity contribution in [3.8, 4) is 0 Å². The fraction of sp³-hybridized carbons (Fsp3) is 0.200. The minimum Gasteiger partial charge on any atom is -0.267 e. The van der Waals surface area contributed by atoms with Crippen LogP contribution in [-0.2, 0) is 10.0 Å². The number of anilines is 1. The van der Waals surface area contributed by atoms with E-state index in [-0.39, 0.29) is 0 Å². The highest BCUT2D eigenvalue weighted by atomic mass is 32.2. The normalized spacial score (nSPS) is 11.6. The van der Waals surface area contributed by atoms with Gasteiger partial charge in [0.15, 0.2) is 0 Å². The van der Waals surface area contributed by atoms with Crippen LogP contribution in [-0.4, -0.2) is 15.0 Å². The highest BCUT2D eigenvalue weighted by Gasteiger charge is 2.24. The van der Waals surface area contributed by atoms with E-state index in [9.17, 15) is 8.42 Å². The molecule has 24 heavy (non-hydrogen) atoms. The number of benzene rings is 3. The number of sulfonamides is 1. The molecule has 0 heterocycles. The summed E-state index contributed by atoms with van der Waals surface area (Å²) in [4.78, 5) is 0.321. The Balaban J connectivity index is 2.12. The molecule has 0 bridgehead atoms. The fourth-order valence-corrected chi connectivity index (χ4v) is 4.53. The van der Waals surface area contributed by atoms with Gasteiger partial charge in [0.1, 0.15) is 0 Å². The van der Waals surface area contributed by atoms with Gasteiger partial charge in [0.25, 0.3) is 10.0 Å². The second-order valence-electron chi connectivity index (χ2n) is 6.02. The van der Waals surface area contributed by atoms with Crippen LogP contribution < -0.4 is 4.31 Å². The van der Waals surface area contributed by atoms with Gasteiger partial charge in [0, 0.05) is 6.54 Å². The Morgan fingerprint density at radius 1 is 0.833 bits per heavy atom. The minimum atomic E-state index is -3.60. The molecule has 0 aromatic heterocycles. The molecule has 3 aromatic rings. The average molecular weight is 339 g/mol. The number of hydrogen-bond donors (Lipinski definition) is 0. The third-order valence-corrected chi connectivity index (χ3v) is 5.99. The molecule has 4 heteroatoms. The SMILES string of the molecule is CCN(c1cc(C)cc(C)c1)S(=O)(=O)c1ccc2ccccc2c1. The molecule has 0 unspecified atom stereocenters. The monoisotopic (exact) mass is 339 g/mol. The lowest BCUT2D eigenvalue weighted by Gasteiger charge is -2.24. The third-order valence-electron chi connectivity index (χ3n) is 4.09. The summed E-state index contributed by atoms with van der Waals surface area (Å²) in [6.45, 7) is 6.20. The summed E-state index contributed by atoms with van der Waals surface area (Å²) in [7, 11) is -3.60. The van der Waals surface area contributed by atoms with Crippen molar-refractivity contribution in [2.75, 3.05) is 10.8 Å². The summed E-state index contributed by atoms with van der Waals surface area (Å²) in [5.74, 6) is 0. The van der Waals surface area contributed by atoms with E-state index in [1.165, 1.54) is 4.31 Å². The molecule has 3 aromatic carbocycles. The van der Waals surface area contributed by atoms with E-state index < -0.39 is 10.0 Å². The first-order valence-electron chi connectivity index (χ1n) is 8.01. The van der Waals surface area contributed by atoms with Gasteiger partial charge in [0.05, 0.1) is 10.6 Å². The van der Waals surface area contributed by atoms with Crippen LogP contribution in [0.2, 0.25) is 0 Å². The average Bonchev–Trinajstić information content (AvgIpc) is 2.54. The van der Waals surface area contributed by atoms with Crippen molar-refractivity contribution in [2.24, 2.45) is 0 Å². The number of nitrogens with zero attached hydrogens (tertiary/aromatic N) is 1. The second kappa shape index (κ2) is 6.29. The van der Waals surface area contributed by atoms with E-state index in [2.05, 4.69) is 0 Å². The van der Waals surface area contributed by atoms with Crippen molar-refractivity contribution in [1.82, 2.24) is 0 Å². The number of fused-ring (bicyclic) bond motifs is 1. The summed E-state index contributed by atoms with van der Waals surface area (Å²) < 4.78 is 27.8. The Kier molecular flexibility index (Phi) is 4.33. The summed E-state index contributed by atoms with van der Waals surface area (Å²) in [6.07, 6.45) is 0. The summed E-state index contributed by atoms with van der Waals surface area (Å²) in [6, 6.07) is 18.9. The van der Waals surface area contributed by atoms with E-state index in [4.69, 9.17) is 0 Å². The van der Waals surface area contributed by atoms with Crippen molar-refractivity contribution in [1.29, 1.82) is 0 Å². The smallest absolute Gasteiger partial charge is 0.264 e. The van der Waals surface area contributed by atoms with Gasteiger partial charge in [-0.2, -0.15) is 0 Å². The second-order valence-corrected chi connectivity index (χ2v) is 7.89. The third kappa shape index (κ3) is 3.02. The molecular weight excluding hydrogens is 318 g/mol. The number of aryl methyl sites for hydroxylation is 2. The van der Waals surface area contributed by atoms with Crippen LogP contribution in [0, 0.1) is 13.8 Å². The summed E-state index contributed by atoms with van der Waals surface area (Å²) in [5, 5.41) is 1.96. The maximum atomic E-state index is 13.2. The molecule has 0 atom stereocenters. The lowest BCUT2D eigenvalue weighted by atomic mass is 10.1. The van der Waals surface area contributed by atoms with Gasteiger partial charge in [-0.25, -0.2) is 8.42 Å². The van der Waals surface area contributed by atoms with Crippen LogP contribution in [0.15, 0.2) is 65.6 Å². The van der Waals surface area contributed by atoms with Crippen molar-refractivity contribution in [3.63, 3.8) is 0 Å². The summed E-state index contributed by atoms with van der Waals surface area (Å²) in [5.41, 5.74) is 2.82. The molecule has 0 saturated heterocycles. The molecule has 0 amide bonds. The zero-order chi connectivity index (χ0) is 17.3. The summed E-state index contributed by atoms with van der Waals surface area (Å²) >= 11 is 0. The van der Waals surface area contributed by atoms with Crippen LogP contribution >= 0.6 is 0 Å². The van der Waals surface area contributed by atoms with E-state index >= 15 is 0 Å². The van der Waals surface area contributed by atoms with Gasteiger partial charge in [-0.05, 0) is 66.9 Å². The van der Waals surface area contributed by atoms with Gasteiger partial charge in [-0.1, -0.05) is 36.4 Å². The van der Waals surface area contributed by atoms with Crippen LogP contribution in [0.25, 0.3) is 10.8 Å². The molecule has 0 N–H and O–H groups in total. The molecule has 3 nitrogen and oxygen atoms in total. The molecule has 0 saturated carbocycles. The largest absolute Gasteiger partial charge is 0.267 e. The molecule has 0 fully saturated rings. The maximum absolute atomic E-state index is 13.2. The first kappa shape index (κ1) is 16.5. The lowest BCUT2D eigenvalue weighted by molar-refractivity contribution is 0.592. The van der Waals surface area contributed by atoms with Crippen LogP contribution in [0.1, 0.15) is 18.1 Å². The Morgan fingerprint density at radius 2 is 1.46 bits per heavy atom. The molecule has 0 aliphatic carbocycles. The standard InChI is InChI=1S/C20H21NO2S/c1-4-21(19-12-15(2)11-16(3)13-19)24(22,23)20-10-9-17-7-5-6-8-18(17)14-20/h5-14H,4H2,1-3H3. The van der Waals surface area contributed by atoms with E-state index in [0.29, 0.717) is 17.1 Å². The highest BCUT2D eigenvalue weighted by molar-refractivity contribution is 7.92. The Labute approximate surface area is 143 Å². The predicted octanol–water partition coefficient (Wildman–Crippen LogP) is 4.67. The van der Waals surface area contributed by atoms with Crippen LogP contribution in [0.4, 0.5) is 5.69 Å². The lowest BCUT2D eigenvalue weighted by Crippen LogP contribution is -2.30. The first-order chi connectivity index (χ1) is 11.4. The Morgan fingerprint density at radius 3 is 2.08 bits per heavy atom. The Bertz CT molecular complexity index is 973. The first-order valence-corrected chi connectivity index (χ1v) is 9.45. The van der Waals surface area contributed by atoms with Gasteiger partial charge in [-0.15, -0.1) is 0 Å². The van der Waals surface area contributed by atoms with Gasteiger partial charge < -0.3 is 0 Å². The zero-order valence-electron chi connectivity index (χ0n) is 14.2. The molecular formula is C20H21NO2S. The van der Waals surface area contributed by atoms with Crippen molar-refractivity contribution in [2.45, 2.75) is 25.7 Å². The van der Waals surface area contributed by atoms with E-state index in [0.717, 1.165) is 21.9 Å². The molecule has 0 aliphatic rings. The van der Waals surface area contributed by atoms with Crippen molar-refractivity contribution >= 4 is 26.5 Å².